The van der Waals surface area contributed by atoms with Crippen LogP contribution >= 0.6 is 0 Å². The second-order valence-corrected chi connectivity index (χ2v) is 8.69. The van der Waals surface area contributed by atoms with E-state index in [9.17, 15) is 9.59 Å². The fourth-order valence-electron chi connectivity index (χ4n) is 4.81. The Kier molecular flexibility index (Phi) is 6.97. The van der Waals surface area contributed by atoms with Crippen LogP contribution in [-0.4, -0.2) is 51.8 Å². The molecule has 1 aliphatic carbocycles. The molecule has 6 nitrogen and oxygen atoms in total. The molecular formula is C25H32N4O2. The molecule has 1 atom stereocenters. The van der Waals surface area contributed by atoms with Gasteiger partial charge in [0.1, 0.15) is 0 Å². The molecule has 2 aliphatic rings. The monoisotopic (exact) mass is 420 g/mol. The van der Waals surface area contributed by atoms with Gasteiger partial charge in [-0.2, -0.15) is 0 Å². The highest BCUT2D eigenvalue weighted by molar-refractivity contribution is 5.89. The number of amides is 2. The quantitative estimate of drug-likeness (QED) is 0.748. The predicted octanol–water partition coefficient (Wildman–Crippen LogP) is 3.05. The number of benzene rings is 1. The molecule has 1 saturated carbocycles. The summed E-state index contributed by atoms with van der Waals surface area (Å²) in [5.41, 5.74) is 3.04. The highest BCUT2D eigenvalue weighted by Crippen LogP contribution is 2.27. The zero-order valence-corrected chi connectivity index (χ0v) is 18.3. The van der Waals surface area contributed by atoms with Crippen LogP contribution in [0.15, 0.2) is 48.7 Å². The van der Waals surface area contributed by atoms with E-state index >= 15 is 0 Å². The number of nitrogens with one attached hydrogen (secondary N) is 1. The number of aryl methyl sites for hydroxylation is 1. The zero-order valence-electron chi connectivity index (χ0n) is 18.3. The van der Waals surface area contributed by atoms with Gasteiger partial charge in [-0.1, -0.05) is 49.2 Å². The number of aromatic nitrogens is 1. The SMILES string of the molecule is Cc1cccnc1CN(Cc1ccccc1)C(=O)C[C@H]1C(=O)NCCN1C1CCCC1. The van der Waals surface area contributed by atoms with E-state index in [4.69, 9.17) is 0 Å². The molecule has 31 heavy (non-hydrogen) atoms. The minimum absolute atomic E-state index is 0.000969. The second-order valence-electron chi connectivity index (χ2n) is 8.69. The highest BCUT2D eigenvalue weighted by atomic mass is 16.2. The summed E-state index contributed by atoms with van der Waals surface area (Å²) < 4.78 is 0. The van der Waals surface area contributed by atoms with Crippen molar-refractivity contribution in [1.29, 1.82) is 0 Å². The van der Waals surface area contributed by atoms with Crippen molar-refractivity contribution >= 4 is 11.8 Å². The van der Waals surface area contributed by atoms with E-state index in [1.54, 1.807) is 6.20 Å². The lowest BCUT2D eigenvalue weighted by atomic mass is 10.0. The van der Waals surface area contributed by atoms with Gasteiger partial charge in [0.25, 0.3) is 0 Å². The van der Waals surface area contributed by atoms with Crippen LogP contribution < -0.4 is 5.32 Å². The molecule has 2 amide bonds. The van der Waals surface area contributed by atoms with Crippen molar-refractivity contribution in [1.82, 2.24) is 20.1 Å². The van der Waals surface area contributed by atoms with E-state index in [2.05, 4.69) is 15.2 Å². The topological polar surface area (TPSA) is 65.5 Å². The Morgan fingerprint density at radius 3 is 2.65 bits per heavy atom. The van der Waals surface area contributed by atoms with Gasteiger partial charge < -0.3 is 10.2 Å². The molecule has 164 valence electrons. The molecule has 4 rings (SSSR count). The van der Waals surface area contributed by atoms with Crippen LogP contribution in [0.3, 0.4) is 0 Å². The third-order valence-corrected chi connectivity index (χ3v) is 6.56. The molecule has 1 aromatic heterocycles. The van der Waals surface area contributed by atoms with Crippen molar-refractivity contribution < 1.29 is 9.59 Å². The summed E-state index contributed by atoms with van der Waals surface area (Å²) in [5, 5.41) is 2.97. The first kappa shape index (κ1) is 21.5. The Morgan fingerprint density at radius 2 is 1.90 bits per heavy atom. The first-order valence-corrected chi connectivity index (χ1v) is 11.4. The Labute approximate surface area is 184 Å². The normalized spacial score (nSPS) is 19.9. The van der Waals surface area contributed by atoms with Gasteiger partial charge >= 0.3 is 0 Å². The van der Waals surface area contributed by atoms with E-state index in [0.717, 1.165) is 36.2 Å². The summed E-state index contributed by atoms with van der Waals surface area (Å²) in [6.45, 7) is 4.46. The van der Waals surface area contributed by atoms with Crippen LogP contribution in [0.1, 0.15) is 48.9 Å². The van der Waals surface area contributed by atoms with Crippen molar-refractivity contribution in [3.8, 4) is 0 Å². The standard InChI is InChI=1S/C25H32N4O2/c1-19-8-7-13-26-22(19)18-28(17-20-9-3-2-4-10-20)24(30)16-23-25(31)27-14-15-29(23)21-11-5-6-12-21/h2-4,7-10,13,21,23H,5-6,11-12,14-18H2,1H3,(H,27,31)/t23-/m0/s1. The van der Waals surface area contributed by atoms with Crippen LogP contribution in [0.2, 0.25) is 0 Å². The van der Waals surface area contributed by atoms with E-state index < -0.39 is 0 Å². The molecule has 2 heterocycles. The maximum absolute atomic E-state index is 13.5. The average molecular weight is 421 g/mol. The van der Waals surface area contributed by atoms with Gasteiger partial charge in [-0.05, 0) is 37.0 Å². The fourth-order valence-corrected chi connectivity index (χ4v) is 4.81. The minimum Gasteiger partial charge on any atom is -0.353 e. The highest BCUT2D eigenvalue weighted by Gasteiger charge is 2.37. The van der Waals surface area contributed by atoms with E-state index in [1.807, 2.05) is 54.3 Å². The molecule has 2 fully saturated rings. The third kappa shape index (κ3) is 5.31. The minimum atomic E-state index is -0.382. The van der Waals surface area contributed by atoms with Crippen LogP contribution in [0.4, 0.5) is 0 Å². The molecule has 1 aromatic carbocycles. The molecule has 0 unspecified atom stereocenters. The van der Waals surface area contributed by atoms with Gasteiger partial charge in [-0.15, -0.1) is 0 Å². The van der Waals surface area contributed by atoms with Crippen molar-refractivity contribution in [3.63, 3.8) is 0 Å². The molecule has 6 heteroatoms. The Morgan fingerprint density at radius 1 is 1.13 bits per heavy atom. The summed E-state index contributed by atoms with van der Waals surface area (Å²) in [7, 11) is 0. The van der Waals surface area contributed by atoms with Crippen molar-refractivity contribution in [3.05, 3.63) is 65.5 Å². The van der Waals surface area contributed by atoms with Gasteiger partial charge in [0.05, 0.1) is 24.7 Å². The second kappa shape index (κ2) is 10.1. The van der Waals surface area contributed by atoms with Gasteiger partial charge in [0, 0.05) is 31.9 Å². The number of rotatable bonds is 7. The largest absolute Gasteiger partial charge is 0.353 e. The smallest absolute Gasteiger partial charge is 0.237 e. The number of nitrogens with zero attached hydrogens (tertiary/aromatic N) is 3. The zero-order chi connectivity index (χ0) is 21.6. The molecular weight excluding hydrogens is 388 g/mol. The molecule has 1 aliphatic heterocycles. The average Bonchev–Trinajstić information content (AvgIpc) is 3.31. The van der Waals surface area contributed by atoms with Gasteiger partial charge in [-0.3, -0.25) is 19.5 Å². The lowest BCUT2D eigenvalue weighted by Crippen LogP contribution is -2.59. The van der Waals surface area contributed by atoms with Gasteiger partial charge in [-0.25, -0.2) is 0 Å². The molecule has 2 aromatic rings. The van der Waals surface area contributed by atoms with Crippen molar-refractivity contribution in [2.24, 2.45) is 0 Å². The van der Waals surface area contributed by atoms with Crippen LogP contribution in [0.25, 0.3) is 0 Å². The fraction of sp³-hybridized carbons (Fsp3) is 0.480. The van der Waals surface area contributed by atoms with Crippen LogP contribution in [-0.2, 0) is 22.7 Å². The summed E-state index contributed by atoms with van der Waals surface area (Å²) in [6.07, 6.45) is 6.65. The van der Waals surface area contributed by atoms with Crippen LogP contribution in [0.5, 0.6) is 0 Å². The first-order valence-electron chi connectivity index (χ1n) is 11.4. The number of carbonyl (C=O) groups is 2. The van der Waals surface area contributed by atoms with E-state index in [-0.39, 0.29) is 24.3 Å². The van der Waals surface area contributed by atoms with E-state index in [0.29, 0.717) is 25.7 Å². The van der Waals surface area contributed by atoms with Crippen LogP contribution in [0, 0.1) is 6.92 Å². The number of piperazine rings is 1. The Bertz CT molecular complexity index is 895. The van der Waals surface area contributed by atoms with E-state index in [1.165, 1.54) is 12.8 Å². The maximum atomic E-state index is 13.5. The van der Waals surface area contributed by atoms with Crippen molar-refractivity contribution in [2.45, 2.75) is 64.2 Å². The Hall–Kier alpha value is -2.73. The summed E-state index contributed by atoms with van der Waals surface area (Å²) in [6, 6.07) is 14.0. The number of pyridine rings is 1. The molecule has 1 saturated heterocycles. The molecule has 0 radical (unpaired) electrons. The van der Waals surface area contributed by atoms with Crippen molar-refractivity contribution in [2.75, 3.05) is 13.1 Å². The maximum Gasteiger partial charge on any atom is 0.237 e. The summed E-state index contributed by atoms with van der Waals surface area (Å²) in [5.74, 6) is -0.0147. The molecule has 0 bridgehead atoms. The molecule has 1 N–H and O–H groups in total. The Balaban J connectivity index is 1.53. The van der Waals surface area contributed by atoms with Gasteiger partial charge in [0.2, 0.25) is 11.8 Å². The lowest BCUT2D eigenvalue weighted by molar-refractivity contribution is -0.140. The number of hydrogen-bond donors (Lipinski definition) is 1. The lowest BCUT2D eigenvalue weighted by Gasteiger charge is -2.39. The summed E-state index contributed by atoms with van der Waals surface area (Å²) >= 11 is 0. The molecule has 0 spiro atoms. The number of hydrogen-bond acceptors (Lipinski definition) is 4. The summed E-state index contributed by atoms with van der Waals surface area (Å²) in [4.78, 5) is 34.9. The first-order chi connectivity index (χ1) is 15.1. The third-order valence-electron chi connectivity index (χ3n) is 6.56. The van der Waals surface area contributed by atoms with Gasteiger partial charge in [0.15, 0.2) is 0 Å². The predicted molar refractivity (Wildman–Crippen MR) is 120 cm³/mol. The number of carbonyl (C=O) groups excluding carboxylic acids is 2.